The molecule has 4 heteroatoms. The van der Waals surface area contributed by atoms with Crippen LogP contribution in [0.5, 0.6) is 0 Å². The van der Waals surface area contributed by atoms with Crippen molar-refractivity contribution in [1.29, 1.82) is 0 Å². The van der Waals surface area contributed by atoms with Crippen LogP contribution in [0.15, 0.2) is 24.4 Å². The lowest BCUT2D eigenvalue weighted by atomic mass is 10.1. The first kappa shape index (κ1) is 12.6. The molecule has 0 unspecified atom stereocenters. The first-order valence-electron chi connectivity index (χ1n) is 6.21. The van der Waals surface area contributed by atoms with Gasteiger partial charge in [-0.25, -0.2) is 4.98 Å². The summed E-state index contributed by atoms with van der Waals surface area (Å²) in [6.45, 7) is 7.93. The largest absolute Gasteiger partial charge is 0.346 e. The van der Waals surface area contributed by atoms with E-state index in [0.717, 1.165) is 17.8 Å². The normalized spacial score (nSPS) is 11.8. The Hall–Kier alpha value is -1.84. The molecule has 0 aliphatic rings. The summed E-state index contributed by atoms with van der Waals surface area (Å²) in [6, 6.07) is 5.74. The Labute approximate surface area is 107 Å². The predicted molar refractivity (Wildman–Crippen MR) is 71.8 cm³/mol. The second-order valence-electron chi connectivity index (χ2n) is 5.39. The van der Waals surface area contributed by atoms with Crippen molar-refractivity contribution in [2.45, 2.75) is 39.7 Å². The van der Waals surface area contributed by atoms with Gasteiger partial charge >= 0.3 is 0 Å². The number of amides is 1. The molecule has 2 heterocycles. The zero-order valence-corrected chi connectivity index (χ0v) is 11.3. The number of aryl methyl sites for hydroxylation is 1. The lowest BCUT2D eigenvalue weighted by molar-refractivity contribution is 0.0912. The average molecular weight is 245 g/mol. The number of aromatic nitrogens is 2. The smallest absolute Gasteiger partial charge is 0.270 e. The van der Waals surface area contributed by atoms with Crippen LogP contribution in [0.25, 0.3) is 5.65 Å². The molecule has 0 aliphatic heterocycles. The first-order chi connectivity index (χ1) is 8.42. The number of imidazole rings is 1. The summed E-state index contributed by atoms with van der Waals surface area (Å²) in [5.41, 5.74) is 2.04. The second-order valence-corrected chi connectivity index (χ2v) is 5.39. The maximum absolute atomic E-state index is 12.3. The van der Waals surface area contributed by atoms with E-state index >= 15 is 0 Å². The summed E-state index contributed by atoms with van der Waals surface area (Å²) in [7, 11) is 0. The highest BCUT2D eigenvalue weighted by molar-refractivity contribution is 5.95. The molecule has 0 aliphatic carbocycles. The maximum atomic E-state index is 12.3. The van der Waals surface area contributed by atoms with E-state index in [9.17, 15) is 4.79 Å². The summed E-state index contributed by atoms with van der Waals surface area (Å²) in [5, 5.41) is 2.99. The molecule has 0 radical (unpaired) electrons. The summed E-state index contributed by atoms with van der Waals surface area (Å²) in [6.07, 6.45) is 2.62. The van der Waals surface area contributed by atoms with Gasteiger partial charge < -0.3 is 5.32 Å². The minimum absolute atomic E-state index is 0.0712. The Bertz CT molecular complexity index is 578. The van der Waals surface area contributed by atoms with Gasteiger partial charge in [-0.3, -0.25) is 9.20 Å². The van der Waals surface area contributed by atoms with E-state index in [1.54, 1.807) is 0 Å². The van der Waals surface area contributed by atoms with Gasteiger partial charge in [-0.15, -0.1) is 0 Å². The van der Waals surface area contributed by atoms with Crippen molar-refractivity contribution in [3.8, 4) is 0 Å². The van der Waals surface area contributed by atoms with E-state index in [2.05, 4.69) is 10.3 Å². The Kier molecular flexibility index (Phi) is 3.11. The summed E-state index contributed by atoms with van der Waals surface area (Å²) in [4.78, 5) is 16.8. The fourth-order valence-corrected chi connectivity index (χ4v) is 1.93. The van der Waals surface area contributed by atoms with Gasteiger partial charge in [0.25, 0.3) is 5.91 Å². The van der Waals surface area contributed by atoms with E-state index in [4.69, 9.17) is 0 Å². The number of nitrogens with one attached hydrogen (secondary N) is 1. The van der Waals surface area contributed by atoms with Gasteiger partial charge in [0.05, 0.1) is 5.69 Å². The molecule has 0 aromatic carbocycles. The molecule has 0 atom stereocenters. The molecule has 96 valence electrons. The summed E-state index contributed by atoms with van der Waals surface area (Å²) >= 11 is 0. The third-order valence-electron chi connectivity index (χ3n) is 2.64. The minimum atomic E-state index is -0.249. The van der Waals surface area contributed by atoms with Gasteiger partial charge in [-0.2, -0.15) is 0 Å². The number of fused-ring (bicyclic) bond motifs is 1. The van der Waals surface area contributed by atoms with Crippen molar-refractivity contribution in [2.24, 2.45) is 0 Å². The van der Waals surface area contributed by atoms with Crippen LogP contribution in [-0.4, -0.2) is 20.8 Å². The number of rotatable bonds is 2. The van der Waals surface area contributed by atoms with E-state index in [-0.39, 0.29) is 11.4 Å². The predicted octanol–water partition coefficient (Wildman–Crippen LogP) is 2.43. The maximum Gasteiger partial charge on any atom is 0.270 e. The zero-order valence-electron chi connectivity index (χ0n) is 11.3. The standard InChI is InChI=1S/C14H19N3O/c1-5-10-12(13(18)16-14(2,3)4)17-9-7-6-8-11(17)15-10/h6-9H,5H2,1-4H3,(H,16,18). The first-order valence-corrected chi connectivity index (χ1v) is 6.21. The fraction of sp³-hybridized carbons (Fsp3) is 0.429. The Morgan fingerprint density at radius 2 is 2.11 bits per heavy atom. The van der Waals surface area contributed by atoms with Gasteiger partial charge in [0.1, 0.15) is 11.3 Å². The number of carbonyl (C=O) groups excluding carboxylic acids is 1. The number of hydrogen-bond donors (Lipinski definition) is 1. The SMILES string of the molecule is CCc1nc2ccccn2c1C(=O)NC(C)(C)C. The van der Waals surface area contributed by atoms with E-state index < -0.39 is 0 Å². The lowest BCUT2D eigenvalue weighted by Gasteiger charge is -2.20. The monoisotopic (exact) mass is 245 g/mol. The van der Waals surface area contributed by atoms with Crippen LogP contribution in [-0.2, 0) is 6.42 Å². The van der Waals surface area contributed by atoms with Crippen LogP contribution in [0.4, 0.5) is 0 Å². The Balaban J connectivity index is 2.51. The molecule has 0 spiro atoms. The van der Waals surface area contributed by atoms with Gasteiger partial charge in [0.15, 0.2) is 0 Å². The molecule has 18 heavy (non-hydrogen) atoms. The highest BCUT2D eigenvalue weighted by Gasteiger charge is 2.21. The quantitative estimate of drug-likeness (QED) is 0.883. The average Bonchev–Trinajstić information content (AvgIpc) is 2.64. The number of hydrogen-bond acceptors (Lipinski definition) is 2. The topological polar surface area (TPSA) is 46.4 Å². The minimum Gasteiger partial charge on any atom is -0.346 e. The van der Waals surface area contributed by atoms with Crippen molar-refractivity contribution in [1.82, 2.24) is 14.7 Å². The third kappa shape index (κ3) is 2.37. The van der Waals surface area contributed by atoms with E-state index in [0.29, 0.717) is 5.69 Å². The molecule has 0 fully saturated rings. The van der Waals surface area contributed by atoms with Gasteiger partial charge in [-0.05, 0) is 39.3 Å². The molecule has 1 N–H and O–H groups in total. The zero-order chi connectivity index (χ0) is 13.3. The summed E-state index contributed by atoms with van der Waals surface area (Å²) in [5.74, 6) is -0.0712. The highest BCUT2D eigenvalue weighted by Crippen LogP contribution is 2.14. The van der Waals surface area contributed by atoms with Crippen molar-refractivity contribution in [2.75, 3.05) is 0 Å². The van der Waals surface area contributed by atoms with Crippen LogP contribution in [0.3, 0.4) is 0 Å². The summed E-state index contributed by atoms with van der Waals surface area (Å²) < 4.78 is 1.85. The molecule has 0 saturated carbocycles. The molecule has 2 aromatic heterocycles. The molecule has 2 rings (SSSR count). The number of nitrogens with zero attached hydrogens (tertiary/aromatic N) is 2. The Morgan fingerprint density at radius 3 is 2.72 bits per heavy atom. The molecular weight excluding hydrogens is 226 g/mol. The van der Waals surface area contributed by atoms with Crippen LogP contribution in [0.2, 0.25) is 0 Å². The van der Waals surface area contributed by atoms with Crippen LogP contribution in [0.1, 0.15) is 43.9 Å². The molecule has 0 saturated heterocycles. The fourth-order valence-electron chi connectivity index (χ4n) is 1.93. The van der Waals surface area contributed by atoms with Crippen LogP contribution >= 0.6 is 0 Å². The van der Waals surface area contributed by atoms with Gasteiger partial charge in [-0.1, -0.05) is 13.0 Å². The van der Waals surface area contributed by atoms with Crippen molar-refractivity contribution < 1.29 is 4.79 Å². The van der Waals surface area contributed by atoms with E-state index in [1.165, 1.54) is 0 Å². The van der Waals surface area contributed by atoms with Gasteiger partial charge in [0, 0.05) is 11.7 Å². The molecule has 4 nitrogen and oxygen atoms in total. The van der Waals surface area contributed by atoms with Crippen LogP contribution in [0, 0.1) is 0 Å². The molecular formula is C14H19N3O. The lowest BCUT2D eigenvalue weighted by Crippen LogP contribution is -2.41. The Morgan fingerprint density at radius 1 is 1.39 bits per heavy atom. The van der Waals surface area contributed by atoms with E-state index in [1.807, 2.05) is 56.5 Å². The molecule has 0 bridgehead atoms. The number of pyridine rings is 1. The van der Waals surface area contributed by atoms with Crippen molar-refractivity contribution in [3.63, 3.8) is 0 Å². The molecule has 2 aromatic rings. The van der Waals surface area contributed by atoms with Crippen molar-refractivity contribution >= 4 is 11.6 Å². The van der Waals surface area contributed by atoms with Crippen LogP contribution < -0.4 is 5.32 Å². The second kappa shape index (κ2) is 4.44. The molecule has 1 amide bonds. The van der Waals surface area contributed by atoms with Gasteiger partial charge in [0.2, 0.25) is 0 Å². The highest BCUT2D eigenvalue weighted by atomic mass is 16.2. The van der Waals surface area contributed by atoms with Crippen molar-refractivity contribution in [3.05, 3.63) is 35.8 Å². The number of carbonyl (C=O) groups is 1. The third-order valence-corrected chi connectivity index (χ3v) is 2.64.